The maximum atomic E-state index is 13.4. The molecular formula is C14H17FN2O2S. The Hall–Kier alpha value is -1.58. The van der Waals surface area contributed by atoms with Gasteiger partial charge in [-0.15, -0.1) is 6.42 Å². The van der Waals surface area contributed by atoms with E-state index in [0.717, 1.165) is 25.0 Å². The van der Waals surface area contributed by atoms with Crippen molar-refractivity contribution in [3.63, 3.8) is 0 Å². The Balaban J connectivity index is 2.41. The molecular weight excluding hydrogens is 279 g/mol. The van der Waals surface area contributed by atoms with Gasteiger partial charge in [-0.2, -0.15) is 4.31 Å². The Kier molecular flexibility index (Phi) is 4.02. The molecule has 6 heteroatoms. The molecule has 0 aliphatic heterocycles. The maximum Gasteiger partial charge on any atom is 0.244 e. The van der Waals surface area contributed by atoms with Crippen molar-refractivity contribution in [2.45, 2.75) is 24.7 Å². The summed E-state index contributed by atoms with van der Waals surface area (Å²) >= 11 is 0. The van der Waals surface area contributed by atoms with Gasteiger partial charge in [-0.3, -0.25) is 0 Å². The number of sulfonamides is 1. The zero-order valence-electron chi connectivity index (χ0n) is 11.3. The van der Waals surface area contributed by atoms with E-state index in [1.54, 1.807) is 6.92 Å². The number of terminal acetylenes is 1. The van der Waals surface area contributed by atoms with Crippen LogP contribution >= 0.6 is 0 Å². The minimum absolute atomic E-state index is 0.00948. The highest BCUT2D eigenvalue weighted by Crippen LogP contribution is 2.32. The van der Waals surface area contributed by atoms with Crippen molar-refractivity contribution < 1.29 is 12.8 Å². The Labute approximate surface area is 118 Å². The average Bonchev–Trinajstić information content (AvgIpc) is 3.17. The number of nitrogen functional groups attached to an aromatic ring is 1. The van der Waals surface area contributed by atoms with E-state index in [1.807, 2.05) is 0 Å². The van der Waals surface area contributed by atoms with Crippen LogP contribution in [0.25, 0.3) is 0 Å². The molecule has 0 radical (unpaired) electrons. The van der Waals surface area contributed by atoms with Crippen LogP contribution in [-0.2, 0) is 10.0 Å². The summed E-state index contributed by atoms with van der Waals surface area (Å²) in [6.07, 6.45) is 7.28. The van der Waals surface area contributed by atoms with Crippen LogP contribution < -0.4 is 5.73 Å². The van der Waals surface area contributed by atoms with Crippen LogP contribution in [0.4, 0.5) is 10.1 Å². The monoisotopic (exact) mass is 296 g/mol. The highest BCUT2D eigenvalue weighted by Gasteiger charge is 2.32. The van der Waals surface area contributed by atoms with Crippen molar-refractivity contribution in [3.8, 4) is 12.3 Å². The molecule has 0 atom stereocenters. The summed E-state index contributed by atoms with van der Waals surface area (Å²) in [4.78, 5) is 0.0206. The van der Waals surface area contributed by atoms with Crippen LogP contribution in [0.3, 0.4) is 0 Å². The van der Waals surface area contributed by atoms with Gasteiger partial charge in [0.05, 0.1) is 17.1 Å². The van der Waals surface area contributed by atoms with Crippen LogP contribution in [0, 0.1) is 31.0 Å². The molecule has 2 rings (SSSR count). The summed E-state index contributed by atoms with van der Waals surface area (Å²) < 4.78 is 39.9. The van der Waals surface area contributed by atoms with Gasteiger partial charge in [-0.1, -0.05) is 5.92 Å². The van der Waals surface area contributed by atoms with Gasteiger partial charge in [0.15, 0.2) is 0 Å². The number of benzene rings is 1. The first-order valence-corrected chi connectivity index (χ1v) is 7.79. The SMILES string of the molecule is C#CCN(CC1CC1)S(=O)(=O)c1cc(N)c(F)cc1C. The van der Waals surface area contributed by atoms with Crippen LogP contribution in [0.15, 0.2) is 17.0 Å². The van der Waals surface area contributed by atoms with Gasteiger partial charge in [0.2, 0.25) is 10.0 Å². The van der Waals surface area contributed by atoms with Crippen molar-refractivity contribution in [1.82, 2.24) is 4.31 Å². The molecule has 2 N–H and O–H groups in total. The van der Waals surface area contributed by atoms with Crippen LogP contribution in [0.2, 0.25) is 0 Å². The molecule has 0 unspecified atom stereocenters. The number of nitrogens with two attached hydrogens (primary N) is 1. The highest BCUT2D eigenvalue weighted by molar-refractivity contribution is 7.89. The van der Waals surface area contributed by atoms with Crippen LogP contribution in [0.1, 0.15) is 18.4 Å². The van der Waals surface area contributed by atoms with Gasteiger partial charge in [-0.05, 0) is 43.4 Å². The third-order valence-electron chi connectivity index (χ3n) is 3.34. The molecule has 0 bridgehead atoms. The Bertz CT molecular complexity index is 660. The molecule has 1 fully saturated rings. The predicted octanol–water partition coefficient (Wildman–Crippen LogP) is 1.75. The fourth-order valence-electron chi connectivity index (χ4n) is 2.02. The van der Waals surface area contributed by atoms with E-state index in [4.69, 9.17) is 12.2 Å². The lowest BCUT2D eigenvalue weighted by Crippen LogP contribution is -2.33. The minimum Gasteiger partial charge on any atom is -0.396 e. The fraction of sp³-hybridized carbons (Fsp3) is 0.429. The summed E-state index contributed by atoms with van der Waals surface area (Å²) in [5, 5.41) is 0. The quantitative estimate of drug-likeness (QED) is 0.665. The number of hydrogen-bond donors (Lipinski definition) is 1. The fourth-order valence-corrected chi connectivity index (χ4v) is 3.69. The summed E-state index contributed by atoms with van der Waals surface area (Å²) in [6.45, 7) is 1.96. The third kappa shape index (κ3) is 2.94. The van der Waals surface area contributed by atoms with Crippen molar-refractivity contribution in [2.75, 3.05) is 18.8 Å². The largest absolute Gasteiger partial charge is 0.396 e. The zero-order valence-corrected chi connectivity index (χ0v) is 12.1. The van der Waals surface area contributed by atoms with Crippen molar-refractivity contribution in [1.29, 1.82) is 0 Å². The normalized spacial score (nSPS) is 15.3. The Morgan fingerprint density at radius 2 is 2.15 bits per heavy atom. The molecule has 1 saturated carbocycles. The van der Waals surface area contributed by atoms with E-state index >= 15 is 0 Å². The topological polar surface area (TPSA) is 63.4 Å². The van der Waals surface area contributed by atoms with Crippen LogP contribution in [-0.4, -0.2) is 25.8 Å². The number of anilines is 1. The average molecular weight is 296 g/mol. The first-order chi connectivity index (χ1) is 9.36. The molecule has 0 heterocycles. The van der Waals surface area contributed by atoms with Gasteiger partial charge >= 0.3 is 0 Å². The van der Waals surface area contributed by atoms with E-state index in [1.165, 1.54) is 4.31 Å². The summed E-state index contributed by atoms with van der Waals surface area (Å²) in [7, 11) is -3.74. The van der Waals surface area contributed by atoms with E-state index in [0.29, 0.717) is 18.0 Å². The molecule has 1 aliphatic carbocycles. The molecule has 108 valence electrons. The molecule has 0 saturated heterocycles. The molecule has 1 aromatic carbocycles. The zero-order chi connectivity index (χ0) is 14.9. The van der Waals surface area contributed by atoms with Crippen LogP contribution in [0.5, 0.6) is 0 Å². The van der Waals surface area contributed by atoms with E-state index in [-0.39, 0.29) is 17.1 Å². The molecule has 1 aromatic rings. The Morgan fingerprint density at radius 3 is 2.70 bits per heavy atom. The second-order valence-electron chi connectivity index (χ2n) is 5.08. The smallest absolute Gasteiger partial charge is 0.244 e. The number of halogens is 1. The number of hydrogen-bond acceptors (Lipinski definition) is 3. The lowest BCUT2D eigenvalue weighted by atomic mass is 10.2. The molecule has 20 heavy (non-hydrogen) atoms. The third-order valence-corrected chi connectivity index (χ3v) is 5.29. The number of rotatable bonds is 5. The Morgan fingerprint density at radius 1 is 1.50 bits per heavy atom. The number of nitrogens with zero attached hydrogens (tertiary/aromatic N) is 1. The van der Waals surface area contributed by atoms with E-state index in [9.17, 15) is 12.8 Å². The summed E-state index contributed by atoms with van der Waals surface area (Å²) in [5.74, 6) is 2.12. The van der Waals surface area contributed by atoms with Gasteiger partial charge in [0, 0.05) is 6.54 Å². The highest BCUT2D eigenvalue weighted by atomic mass is 32.2. The lowest BCUT2D eigenvalue weighted by Gasteiger charge is -2.21. The lowest BCUT2D eigenvalue weighted by molar-refractivity contribution is 0.429. The minimum atomic E-state index is -3.74. The standard InChI is InChI=1S/C14H17FN2O2S/c1-3-6-17(9-11-4-5-11)20(18,19)14-8-13(16)12(15)7-10(14)2/h1,7-8,11H,4-6,9,16H2,2H3. The van der Waals surface area contributed by atoms with Gasteiger partial charge in [0.25, 0.3) is 0 Å². The summed E-state index contributed by atoms with van der Waals surface area (Å²) in [5.41, 5.74) is 5.62. The molecule has 0 spiro atoms. The molecule has 0 amide bonds. The predicted molar refractivity (Wildman–Crippen MR) is 75.9 cm³/mol. The van der Waals surface area contributed by atoms with Gasteiger partial charge < -0.3 is 5.73 Å². The second-order valence-corrected chi connectivity index (χ2v) is 6.99. The summed E-state index contributed by atoms with van der Waals surface area (Å²) in [6, 6.07) is 2.30. The molecule has 4 nitrogen and oxygen atoms in total. The van der Waals surface area contributed by atoms with Crippen molar-refractivity contribution >= 4 is 15.7 Å². The first-order valence-electron chi connectivity index (χ1n) is 6.35. The van der Waals surface area contributed by atoms with Crippen molar-refractivity contribution in [2.24, 2.45) is 5.92 Å². The van der Waals surface area contributed by atoms with Gasteiger partial charge in [0.1, 0.15) is 5.82 Å². The molecule has 0 aromatic heterocycles. The van der Waals surface area contributed by atoms with E-state index < -0.39 is 15.8 Å². The molecule has 1 aliphatic rings. The maximum absolute atomic E-state index is 13.4. The van der Waals surface area contributed by atoms with Crippen molar-refractivity contribution in [3.05, 3.63) is 23.5 Å². The van der Waals surface area contributed by atoms with E-state index in [2.05, 4.69) is 5.92 Å². The first kappa shape index (κ1) is 14.8. The van der Waals surface area contributed by atoms with Gasteiger partial charge in [-0.25, -0.2) is 12.8 Å². The second kappa shape index (κ2) is 5.43. The number of aryl methyl sites for hydroxylation is 1.